The number of amides is 1. The molecule has 1 aliphatic carbocycles. The highest BCUT2D eigenvalue weighted by atomic mass is 32.2. The van der Waals surface area contributed by atoms with Crippen LogP contribution in [0.15, 0.2) is 70.3 Å². The molecule has 2 heterocycles. The molecular formula is C23H20N4O4S. The fourth-order valence-corrected chi connectivity index (χ4v) is 3.87. The van der Waals surface area contributed by atoms with Crippen molar-refractivity contribution in [1.29, 1.82) is 0 Å². The molecule has 1 aliphatic rings. The number of oxazole rings is 1. The number of anilines is 1. The van der Waals surface area contributed by atoms with Crippen molar-refractivity contribution < 1.29 is 18.7 Å². The smallest absolute Gasteiger partial charge is 0.316 e. The molecule has 0 atom stereocenters. The van der Waals surface area contributed by atoms with E-state index in [0.29, 0.717) is 22.5 Å². The molecule has 2 aromatic carbocycles. The van der Waals surface area contributed by atoms with Crippen LogP contribution in [0.5, 0.6) is 0 Å². The molecule has 1 N–H and O–H groups in total. The standard InChI is InChI=1S/C23H20N4O4S/c28-21(13-30-22(29)14-32-23-24-17-8-4-5-9-19(17)31-23)25-20-12-18(15-10-11-15)26-27(20)16-6-2-1-3-7-16/h1-9,12,15H,10-11,13-14H2,(H,25,28). The molecular weight excluding hydrogens is 428 g/mol. The number of fused-ring (bicyclic) bond motifs is 1. The van der Waals surface area contributed by atoms with Crippen molar-refractivity contribution in [3.8, 4) is 5.69 Å². The van der Waals surface area contributed by atoms with Gasteiger partial charge in [-0.2, -0.15) is 5.10 Å². The van der Waals surface area contributed by atoms with Gasteiger partial charge in [0, 0.05) is 12.0 Å². The Kier molecular flexibility index (Phi) is 5.64. The zero-order valence-electron chi connectivity index (χ0n) is 17.1. The summed E-state index contributed by atoms with van der Waals surface area (Å²) in [5.41, 5.74) is 3.18. The maximum atomic E-state index is 12.4. The minimum atomic E-state index is -0.525. The lowest BCUT2D eigenvalue weighted by atomic mass is 10.3. The maximum Gasteiger partial charge on any atom is 0.316 e. The number of hydrogen-bond donors (Lipinski definition) is 1. The number of aromatic nitrogens is 3. The van der Waals surface area contributed by atoms with Crippen molar-refractivity contribution >= 4 is 40.6 Å². The number of para-hydroxylation sites is 3. The van der Waals surface area contributed by atoms with Gasteiger partial charge in [-0.25, -0.2) is 9.67 Å². The first-order valence-electron chi connectivity index (χ1n) is 10.2. The first-order chi connectivity index (χ1) is 15.7. The van der Waals surface area contributed by atoms with Gasteiger partial charge in [-0.3, -0.25) is 9.59 Å². The lowest BCUT2D eigenvalue weighted by molar-refractivity contribution is -0.144. The van der Waals surface area contributed by atoms with Crippen molar-refractivity contribution in [2.75, 3.05) is 17.7 Å². The second-order valence-electron chi connectivity index (χ2n) is 7.42. The Morgan fingerprint density at radius 3 is 2.69 bits per heavy atom. The number of nitrogens with one attached hydrogen (secondary N) is 1. The van der Waals surface area contributed by atoms with Crippen LogP contribution in [0.2, 0.25) is 0 Å². The molecule has 0 radical (unpaired) electrons. The Morgan fingerprint density at radius 1 is 1.12 bits per heavy atom. The average Bonchev–Trinajstić information content (AvgIpc) is 3.45. The third-order valence-corrected chi connectivity index (χ3v) is 5.75. The number of carbonyl (C=O) groups excluding carboxylic acids is 2. The van der Waals surface area contributed by atoms with Crippen LogP contribution < -0.4 is 5.32 Å². The van der Waals surface area contributed by atoms with Gasteiger partial charge in [0.25, 0.3) is 11.1 Å². The number of rotatable bonds is 8. The third kappa shape index (κ3) is 4.67. The van der Waals surface area contributed by atoms with Gasteiger partial charge in [-0.1, -0.05) is 42.1 Å². The van der Waals surface area contributed by atoms with E-state index < -0.39 is 11.9 Å². The minimum absolute atomic E-state index is 0.00607. The summed E-state index contributed by atoms with van der Waals surface area (Å²) < 4.78 is 12.4. The largest absolute Gasteiger partial charge is 0.455 e. The van der Waals surface area contributed by atoms with E-state index in [1.54, 1.807) is 4.68 Å². The molecule has 0 aliphatic heterocycles. The van der Waals surface area contributed by atoms with Crippen molar-refractivity contribution in [2.45, 2.75) is 24.0 Å². The quantitative estimate of drug-likeness (QED) is 0.319. The van der Waals surface area contributed by atoms with Crippen LogP contribution >= 0.6 is 11.8 Å². The molecule has 2 aromatic heterocycles. The summed E-state index contributed by atoms with van der Waals surface area (Å²) in [5.74, 6) is 0.0399. The number of hydrogen-bond acceptors (Lipinski definition) is 7. The molecule has 8 nitrogen and oxygen atoms in total. The van der Waals surface area contributed by atoms with E-state index in [2.05, 4.69) is 15.4 Å². The summed E-state index contributed by atoms with van der Waals surface area (Å²) in [4.78, 5) is 28.8. The Balaban J connectivity index is 1.16. The van der Waals surface area contributed by atoms with Crippen LogP contribution in [0, 0.1) is 0 Å². The van der Waals surface area contributed by atoms with Gasteiger partial charge in [0.15, 0.2) is 12.2 Å². The van der Waals surface area contributed by atoms with Crippen LogP contribution in [0.4, 0.5) is 5.82 Å². The lowest BCUT2D eigenvalue weighted by Gasteiger charge is -2.09. The van der Waals surface area contributed by atoms with Gasteiger partial charge in [-0.15, -0.1) is 0 Å². The van der Waals surface area contributed by atoms with Crippen LogP contribution in [-0.2, 0) is 14.3 Å². The predicted molar refractivity (Wildman–Crippen MR) is 120 cm³/mol. The second kappa shape index (κ2) is 8.88. The fourth-order valence-electron chi connectivity index (χ4n) is 3.23. The Hall–Kier alpha value is -3.59. The zero-order valence-corrected chi connectivity index (χ0v) is 17.9. The first-order valence-corrected chi connectivity index (χ1v) is 11.2. The van der Waals surface area contributed by atoms with Crippen LogP contribution in [0.1, 0.15) is 24.5 Å². The molecule has 32 heavy (non-hydrogen) atoms. The van der Waals surface area contributed by atoms with Crippen molar-refractivity contribution in [3.05, 3.63) is 66.4 Å². The van der Waals surface area contributed by atoms with Gasteiger partial charge in [0.05, 0.1) is 11.4 Å². The molecule has 0 spiro atoms. The van der Waals surface area contributed by atoms with Crippen molar-refractivity contribution in [1.82, 2.24) is 14.8 Å². The maximum absolute atomic E-state index is 12.4. The van der Waals surface area contributed by atoms with E-state index in [4.69, 9.17) is 9.15 Å². The summed E-state index contributed by atoms with van der Waals surface area (Å²) in [7, 11) is 0. The normalized spacial score (nSPS) is 13.2. The molecule has 162 valence electrons. The van der Waals surface area contributed by atoms with Gasteiger partial charge in [0.1, 0.15) is 17.1 Å². The third-order valence-electron chi connectivity index (χ3n) is 4.94. The average molecular weight is 449 g/mol. The van der Waals surface area contributed by atoms with Gasteiger partial charge in [-0.05, 0) is 37.1 Å². The van der Waals surface area contributed by atoms with Crippen molar-refractivity contribution in [2.24, 2.45) is 0 Å². The molecule has 0 bridgehead atoms. The van der Waals surface area contributed by atoms with Gasteiger partial charge < -0.3 is 14.5 Å². The second-order valence-corrected chi connectivity index (χ2v) is 8.35. The van der Waals surface area contributed by atoms with E-state index in [1.165, 1.54) is 0 Å². The summed E-state index contributed by atoms with van der Waals surface area (Å²) in [6.45, 7) is -0.383. The SMILES string of the molecule is O=C(COC(=O)CSc1nc2ccccc2o1)Nc1cc(C2CC2)nn1-c1ccccc1. The highest BCUT2D eigenvalue weighted by Crippen LogP contribution is 2.40. The van der Waals surface area contributed by atoms with Gasteiger partial charge >= 0.3 is 5.97 Å². The molecule has 0 unspecified atom stereocenters. The Bertz CT molecular complexity index is 1230. The summed E-state index contributed by atoms with van der Waals surface area (Å²) in [6.07, 6.45) is 2.21. The van der Waals surface area contributed by atoms with Crippen LogP contribution in [0.3, 0.4) is 0 Å². The molecule has 1 fully saturated rings. The zero-order chi connectivity index (χ0) is 21.9. The monoisotopic (exact) mass is 448 g/mol. The van der Waals surface area contributed by atoms with E-state index in [-0.39, 0.29) is 12.4 Å². The highest BCUT2D eigenvalue weighted by Gasteiger charge is 2.28. The molecule has 9 heteroatoms. The number of esters is 1. The number of carbonyl (C=O) groups is 2. The van der Waals surface area contributed by atoms with Crippen LogP contribution in [-0.4, -0.2) is 39.0 Å². The Morgan fingerprint density at radius 2 is 1.91 bits per heavy atom. The molecule has 0 saturated heterocycles. The molecule has 1 amide bonds. The fraction of sp³-hybridized carbons (Fsp3) is 0.217. The topological polar surface area (TPSA) is 99.2 Å². The van der Waals surface area contributed by atoms with E-state index in [1.807, 2.05) is 60.7 Å². The number of thioether (sulfide) groups is 1. The van der Waals surface area contributed by atoms with E-state index >= 15 is 0 Å². The lowest BCUT2D eigenvalue weighted by Crippen LogP contribution is -2.23. The van der Waals surface area contributed by atoms with Crippen molar-refractivity contribution in [3.63, 3.8) is 0 Å². The van der Waals surface area contributed by atoms with E-state index in [0.717, 1.165) is 41.5 Å². The van der Waals surface area contributed by atoms with Crippen LogP contribution in [0.25, 0.3) is 16.8 Å². The summed E-state index contributed by atoms with van der Waals surface area (Å²) in [5, 5.41) is 7.83. The minimum Gasteiger partial charge on any atom is -0.455 e. The van der Waals surface area contributed by atoms with E-state index in [9.17, 15) is 9.59 Å². The number of ether oxygens (including phenoxy) is 1. The first kappa shape index (κ1) is 20.3. The number of nitrogens with zero attached hydrogens (tertiary/aromatic N) is 3. The summed E-state index contributed by atoms with van der Waals surface area (Å²) in [6, 6.07) is 18.8. The van der Waals surface area contributed by atoms with Gasteiger partial charge in [0.2, 0.25) is 0 Å². The molecule has 4 aromatic rings. The summed E-state index contributed by atoms with van der Waals surface area (Å²) >= 11 is 1.12. The molecule has 1 saturated carbocycles. The highest BCUT2D eigenvalue weighted by molar-refractivity contribution is 7.99. The molecule has 5 rings (SSSR count). The number of benzene rings is 2. The predicted octanol–water partition coefficient (Wildman–Crippen LogP) is 4.16. The Labute approximate surface area is 188 Å².